The highest BCUT2D eigenvalue weighted by Gasteiger charge is 2.49. The second-order valence-electron chi connectivity index (χ2n) is 7.70. The molecule has 0 aromatic heterocycles. The second kappa shape index (κ2) is 9.09. The third-order valence-electron chi connectivity index (χ3n) is 5.47. The van der Waals surface area contributed by atoms with Gasteiger partial charge in [0.25, 0.3) is 0 Å². The lowest BCUT2D eigenvalue weighted by atomic mass is 9.81. The van der Waals surface area contributed by atoms with Gasteiger partial charge in [0.05, 0.1) is 25.2 Å². The van der Waals surface area contributed by atoms with Gasteiger partial charge in [0, 0.05) is 13.2 Å². The van der Waals surface area contributed by atoms with Gasteiger partial charge in [0.2, 0.25) is 5.91 Å². The monoisotopic (exact) mass is 435 g/mol. The molecule has 0 saturated carbocycles. The fraction of sp³-hybridized carbons (Fsp3) is 0.824. The number of hydrogen-bond acceptors (Lipinski definition) is 8. The maximum absolute atomic E-state index is 12.6. The summed E-state index contributed by atoms with van der Waals surface area (Å²) in [5.74, 6) is -0.929. The average molecular weight is 435 g/mol. The molecule has 0 aromatic rings. The van der Waals surface area contributed by atoms with Crippen molar-refractivity contribution in [3.8, 4) is 0 Å². The molecule has 2 aliphatic heterocycles. The molecule has 3 amide bonds. The summed E-state index contributed by atoms with van der Waals surface area (Å²) in [5.41, 5.74) is -0.758. The number of carbonyl (C=O) groups excluding carboxylic acids is 3. The molecule has 2 heterocycles. The van der Waals surface area contributed by atoms with Crippen molar-refractivity contribution < 1.29 is 37.5 Å². The smallest absolute Gasteiger partial charge is 0.406 e. The standard InChI is InChI=1S/C17H30N3O8P/c1-10(14(21)25-5)19-29(24,26-6)27-9-12-7-8-13(28-12)20-11(2)17(3,4)15(22)18-16(20)23/h10-13H,7-9H2,1-6H3,(H,19,24)(H,18,22,23). The van der Waals surface area contributed by atoms with E-state index in [-0.39, 0.29) is 18.6 Å². The van der Waals surface area contributed by atoms with E-state index in [4.69, 9.17) is 13.8 Å². The van der Waals surface area contributed by atoms with Crippen molar-refractivity contribution in [2.75, 3.05) is 20.8 Å². The maximum Gasteiger partial charge on any atom is 0.406 e. The number of amides is 3. The maximum atomic E-state index is 12.6. The van der Waals surface area contributed by atoms with Gasteiger partial charge in [-0.05, 0) is 40.5 Å². The van der Waals surface area contributed by atoms with Crippen LogP contribution in [0.15, 0.2) is 0 Å². The van der Waals surface area contributed by atoms with Crippen LogP contribution in [-0.2, 0) is 32.7 Å². The van der Waals surface area contributed by atoms with Gasteiger partial charge in [-0.25, -0.2) is 14.4 Å². The molecule has 29 heavy (non-hydrogen) atoms. The lowest BCUT2D eigenvalue weighted by molar-refractivity contribution is -0.142. The normalized spacial score (nSPS) is 29.9. The molecule has 2 rings (SSSR count). The molecular weight excluding hydrogens is 405 g/mol. The van der Waals surface area contributed by atoms with Crippen LogP contribution in [0.1, 0.15) is 40.5 Å². The molecular formula is C17H30N3O8P. The Morgan fingerprint density at radius 2 is 2.03 bits per heavy atom. The first-order chi connectivity index (χ1) is 13.4. The first-order valence-corrected chi connectivity index (χ1v) is 10.9. The van der Waals surface area contributed by atoms with E-state index in [1.807, 2.05) is 0 Å². The first kappa shape index (κ1) is 23.8. The number of nitrogens with one attached hydrogen (secondary N) is 2. The zero-order valence-corrected chi connectivity index (χ0v) is 18.5. The largest absolute Gasteiger partial charge is 0.468 e. The van der Waals surface area contributed by atoms with Crippen LogP contribution < -0.4 is 10.4 Å². The van der Waals surface area contributed by atoms with Gasteiger partial charge < -0.3 is 14.0 Å². The van der Waals surface area contributed by atoms with Gasteiger partial charge in [-0.1, -0.05) is 0 Å². The van der Waals surface area contributed by atoms with E-state index in [0.717, 1.165) is 0 Å². The summed E-state index contributed by atoms with van der Waals surface area (Å²) < 4.78 is 33.5. The van der Waals surface area contributed by atoms with E-state index in [2.05, 4.69) is 15.1 Å². The zero-order chi connectivity index (χ0) is 22.0. The van der Waals surface area contributed by atoms with Crippen molar-refractivity contribution in [1.82, 2.24) is 15.3 Å². The Labute approximate surface area is 170 Å². The lowest BCUT2D eigenvalue weighted by Gasteiger charge is -2.45. The molecule has 0 radical (unpaired) electrons. The van der Waals surface area contributed by atoms with Crippen LogP contribution >= 0.6 is 7.75 Å². The van der Waals surface area contributed by atoms with Crippen molar-refractivity contribution >= 4 is 25.7 Å². The predicted molar refractivity (Wildman–Crippen MR) is 102 cm³/mol. The molecule has 2 N–H and O–H groups in total. The lowest BCUT2D eigenvalue weighted by Crippen LogP contribution is -2.65. The molecule has 0 aromatic carbocycles. The van der Waals surface area contributed by atoms with Crippen LogP contribution in [0.2, 0.25) is 0 Å². The second-order valence-corrected chi connectivity index (χ2v) is 9.58. The number of methoxy groups -OCH3 is 1. The third kappa shape index (κ3) is 5.16. The molecule has 2 aliphatic rings. The zero-order valence-electron chi connectivity index (χ0n) is 17.6. The quantitative estimate of drug-likeness (QED) is 0.428. The van der Waals surface area contributed by atoms with Gasteiger partial charge in [0.1, 0.15) is 12.3 Å². The van der Waals surface area contributed by atoms with E-state index in [1.54, 1.807) is 20.8 Å². The van der Waals surface area contributed by atoms with Gasteiger partial charge in [-0.15, -0.1) is 0 Å². The third-order valence-corrected chi connectivity index (χ3v) is 7.15. The summed E-state index contributed by atoms with van der Waals surface area (Å²) in [4.78, 5) is 37.4. The van der Waals surface area contributed by atoms with Crippen LogP contribution in [0, 0.1) is 5.41 Å². The number of nitrogens with zero attached hydrogens (tertiary/aromatic N) is 1. The average Bonchev–Trinajstić information content (AvgIpc) is 3.13. The summed E-state index contributed by atoms with van der Waals surface area (Å²) >= 11 is 0. The topological polar surface area (TPSA) is 132 Å². The van der Waals surface area contributed by atoms with E-state index < -0.39 is 43.5 Å². The Morgan fingerprint density at radius 1 is 1.38 bits per heavy atom. The SMILES string of the molecule is COC(=O)C(C)NP(=O)(OC)OCC1CCC(N2C(=O)NC(=O)C(C)(C)C2C)O1. The number of imide groups is 1. The van der Waals surface area contributed by atoms with E-state index >= 15 is 0 Å². The number of rotatable bonds is 8. The minimum Gasteiger partial charge on any atom is -0.468 e. The van der Waals surface area contributed by atoms with E-state index in [0.29, 0.717) is 12.8 Å². The minimum absolute atomic E-state index is 0.0608. The highest BCUT2D eigenvalue weighted by Crippen LogP contribution is 2.44. The molecule has 0 aliphatic carbocycles. The Bertz CT molecular complexity index is 700. The highest BCUT2D eigenvalue weighted by atomic mass is 31.2. The number of urea groups is 1. The number of ether oxygens (including phenoxy) is 2. The van der Waals surface area contributed by atoms with Crippen molar-refractivity contribution in [2.45, 2.75) is 65.0 Å². The Hall–Kier alpha value is -1.52. The summed E-state index contributed by atoms with van der Waals surface area (Å²) in [5, 5.41) is 4.85. The first-order valence-electron chi connectivity index (χ1n) is 9.40. The van der Waals surface area contributed by atoms with Crippen molar-refractivity contribution in [2.24, 2.45) is 5.41 Å². The fourth-order valence-corrected chi connectivity index (χ4v) is 4.45. The van der Waals surface area contributed by atoms with E-state index in [1.165, 1.54) is 26.0 Å². The van der Waals surface area contributed by atoms with Crippen molar-refractivity contribution in [3.63, 3.8) is 0 Å². The molecule has 0 spiro atoms. The van der Waals surface area contributed by atoms with E-state index in [9.17, 15) is 18.9 Å². The number of hydrogen-bond donors (Lipinski definition) is 2. The van der Waals surface area contributed by atoms with Crippen LogP contribution in [0.5, 0.6) is 0 Å². The minimum atomic E-state index is -3.75. The Morgan fingerprint density at radius 3 is 2.62 bits per heavy atom. The van der Waals surface area contributed by atoms with Crippen molar-refractivity contribution in [1.29, 1.82) is 0 Å². The number of esters is 1. The molecule has 5 unspecified atom stereocenters. The summed E-state index contributed by atoms with van der Waals surface area (Å²) in [6.45, 7) is 6.76. The van der Waals surface area contributed by atoms with Crippen LogP contribution in [-0.4, -0.2) is 68.0 Å². The number of carbonyl (C=O) groups is 3. The summed E-state index contributed by atoms with van der Waals surface area (Å²) in [6, 6.07) is -1.74. The Kier molecular flexibility index (Phi) is 7.45. The van der Waals surface area contributed by atoms with Gasteiger partial charge in [-0.2, -0.15) is 0 Å². The van der Waals surface area contributed by atoms with Crippen LogP contribution in [0.25, 0.3) is 0 Å². The Balaban J connectivity index is 1.95. The predicted octanol–water partition coefficient (Wildman–Crippen LogP) is 1.38. The fourth-order valence-electron chi connectivity index (χ4n) is 3.22. The molecule has 12 heteroatoms. The van der Waals surface area contributed by atoms with Crippen LogP contribution in [0.4, 0.5) is 4.79 Å². The van der Waals surface area contributed by atoms with Gasteiger partial charge in [0.15, 0.2) is 0 Å². The molecule has 2 fully saturated rings. The van der Waals surface area contributed by atoms with Crippen LogP contribution in [0.3, 0.4) is 0 Å². The van der Waals surface area contributed by atoms with Gasteiger partial charge >= 0.3 is 19.7 Å². The molecule has 0 bridgehead atoms. The molecule has 11 nitrogen and oxygen atoms in total. The molecule has 2 saturated heterocycles. The van der Waals surface area contributed by atoms with Gasteiger partial charge in [-0.3, -0.25) is 24.3 Å². The molecule has 166 valence electrons. The summed E-state index contributed by atoms with van der Waals surface area (Å²) in [6.07, 6.45) is 0.139. The summed E-state index contributed by atoms with van der Waals surface area (Å²) in [7, 11) is -1.33. The highest BCUT2D eigenvalue weighted by molar-refractivity contribution is 7.51. The van der Waals surface area contributed by atoms with Crippen molar-refractivity contribution in [3.05, 3.63) is 0 Å². The molecule has 5 atom stereocenters.